The lowest BCUT2D eigenvalue weighted by Crippen LogP contribution is -2.55. The third kappa shape index (κ3) is 38.8. The molecule has 336 valence electrons. The fourth-order valence-corrected chi connectivity index (χ4v) is 6.81. The van der Waals surface area contributed by atoms with Crippen molar-refractivity contribution in [3.63, 3.8) is 0 Å². The molecule has 0 saturated carbocycles. The van der Waals surface area contributed by atoms with Crippen molar-refractivity contribution < 1.29 is 38.2 Å². The zero-order valence-corrected chi connectivity index (χ0v) is 38.2. The summed E-state index contributed by atoms with van der Waals surface area (Å²) in [6, 6.07) is -0.728. The Hall–Kier alpha value is -2.71. The van der Waals surface area contributed by atoms with Crippen molar-refractivity contribution >= 4 is 17.9 Å². The van der Waals surface area contributed by atoms with Crippen molar-refractivity contribution in [1.29, 1.82) is 0 Å². The van der Waals surface area contributed by atoms with Gasteiger partial charge in [0.25, 0.3) is 0 Å². The molecule has 2 unspecified atom stereocenters. The summed E-state index contributed by atoms with van der Waals surface area (Å²) in [5.74, 6) is -1.75. The summed E-state index contributed by atoms with van der Waals surface area (Å²) in [5.41, 5.74) is 0. The Morgan fingerprint density at radius 2 is 1.02 bits per heavy atom. The summed E-state index contributed by atoms with van der Waals surface area (Å²) in [4.78, 5) is 36.9. The predicted molar refractivity (Wildman–Crippen MR) is 240 cm³/mol. The van der Waals surface area contributed by atoms with Gasteiger partial charge < -0.3 is 28.6 Å². The van der Waals surface area contributed by atoms with E-state index in [9.17, 15) is 19.5 Å². The molecule has 0 N–H and O–H groups in total. The molecular formula is C50H89NO7. The van der Waals surface area contributed by atoms with Crippen LogP contribution in [0.4, 0.5) is 0 Å². The van der Waals surface area contributed by atoms with Crippen LogP contribution in [-0.4, -0.2) is 75.5 Å². The summed E-state index contributed by atoms with van der Waals surface area (Å²) >= 11 is 0. The maximum Gasteiger partial charge on any atom is 0.306 e. The van der Waals surface area contributed by atoms with E-state index < -0.39 is 18.1 Å². The molecule has 0 fully saturated rings. The molecule has 2 atom stereocenters. The minimum absolute atomic E-state index is 0.0366. The number of rotatable bonds is 42. The van der Waals surface area contributed by atoms with E-state index in [0.717, 1.165) is 57.8 Å². The van der Waals surface area contributed by atoms with Crippen LogP contribution in [0.1, 0.15) is 200 Å². The fraction of sp³-hybridized carbons (Fsp3) is 0.780. The Bertz CT molecular complexity index is 1090. The summed E-state index contributed by atoms with van der Waals surface area (Å²) < 4.78 is 17.2. The first-order valence-corrected chi connectivity index (χ1v) is 23.7. The van der Waals surface area contributed by atoms with E-state index in [0.29, 0.717) is 12.8 Å². The second kappa shape index (κ2) is 41.0. The van der Waals surface area contributed by atoms with Crippen LogP contribution in [0.5, 0.6) is 0 Å². The summed E-state index contributed by atoms with van der Waals surface area (Å²) in [6.07, 6.45) is 48.5. The number of quaternary nitrogens is 1. The lowest BCUT2D eigenvalue weighted by molar-refractivity contribution is -0.889. The van der Waals surface area contributed by atoms with Crippen LogP contribution in [-0.2, 0) is 28.6 Å². The number of likely N-dealkylation sites (N-methyl/N-ethyl adjacent to an activating group) is 1. The summed E-state index contributed by atoms with van der Waals surface area (Å²) in [5, 5.41) is 11.6. The van der Waals surface area contributed by atoms with E-state index in [1.165, 1.54) is 109 Å². The third-order valence-electron chi connectivity index (χ3n) is 10.5. The summed E-state index contributed by atoms with van der Waals surface area (Å²) in [6.45, 7) is 4.53. The monoisotopic (exact) mass is 816 g/mol. The zero-order chi connectivity index (χ0) is 42.8. The number of carboxylic acids is 1. The number of hydrogen-bond donors (Lipinski definition) is 0. The largest absolute Gasteiger partial charge is 0.544 e. The van der Waals surface area contributed by atoms with Crippen LogP contribution >= 0.6 is 0 Å². The molecule has 0 saturated heterocycles. The van der Waals surface area contributed by atoms with Gasteiger partial charge in [0.15, 0.2) is 6.10 Å². The van der Waals surface area contributed by atoms with Gasteiger partial charge in [-0.05, 0) is 64.2 Å². The fourth-order valence-electron chi connectivity index (χ4n) is 6.81. The zero-order valence-electron chi connectivity index (χ0n) is 38.2. The van der Waals surface area contributed by atoms with Gasteiger partial charge >= 0.3 is 11.9 Å². The number of carboxylic acid groups (broad SMARTS) is 1. The second-order valence-corrected chi connectivity index (χ2v) is 17.0. The van der Waals surface area contributed by atoms with Gasteiger partial charge in [-0.1, -0.05) is 165 Å². The topological polar surface area (TPSA) is 102 Å². The number of aliphatic carboxylic acids is 1. The number of nitrogens with zero attached hydrogens (tertiary/aromatic N) is 1. The van der Waals surface area contributed by atoms with Crippen LogP contribution < -0.4 is 5.11 Å². The third-order valence-corrected chi connectivity index (χ3v) is 10.5. The second-order valence-electron chi connectivity index (χ2n) is 17.0. The number of carbonyl (C=O) groups excluding carboxylic acids is 3. The van der Waals surface area contributed by atoms with Gasteiger partial charge in [0.05, 0.1) is 40.3 Å². The molecule has 0 aromatic heterocycles. The van der Waals surface area contributed by atoms with E-state index in [1.54, 1.807) is 21.1 Å². The summed E-state index contributed by atoms with van der Waals surface area (Å²) in [7, 11) is 5.41. The van der Waals surface area contributed by atoms with Gasteiger partial charge in [-0.15, -0.1) is 0 Å². The molecule has 0 aromatic rings. The molecule has 0 amide bonds. The normalized spacial score (nSPS) is 13.3. The minimum Gasteiger partial charge on any atom is -0.544 e. The highest BCUT2D eigenvalue weighted by molar-refractivity contribution is 5.70. The molecule has 0 aliphatic rings. The molecule has 0 aliphatic carbocycles. The Morgan fingerprint density at radius 3 is 1.52 bits per heavy atom. The van der Waals surface area contributed by atoms with Crippen LogP contribution in [0, 0.1) is 0 Å². The Kier molecular flexibility index (Phi) is 39.1. The van der Waals surface area contributed by atoms with Crippen molar-refractivity contribution in [2.24, 2.45) is 0 Å². The van der Waals surface area contributed by atoms with Crippen molar-refractivity contribution in [3.05, 3.63) is 48.6 Å². The number of carbonyl (C=O) groups is 3. The van der Waals surface area contributed by atoms with Gasteiger partial charge in [-0.2, -0.15) is 0 Å². The standard InChI is InChI=1S/C50H89NO7/c1-6-8-10-12-14-16-18-20-22-23-24-25-26-27-29-31-33-35-37-39-41-49(53)58-46(44-56-43-42-47(50(54)55)51(3,4)5)45-57-48(52)40-38-36-34-32-30-28-21-19-17-15-13-11-9-7-2/h9,11,15-18,20,22,46-47H,6-8,10,12-14,19,21,23-45H2,1-5H3/b11-9+,17-15+,18-16+,22-20+. The van der Waals surface area contributed by atoms with Gasteiger partial charge in [0.2, 0.25) is 0 Å². The van der Waals surface area contributed by atoms with E-state index >= 15 is 0 Å². The Labute approximate surface area is 356 Å². The van der Waals surface area contributed by atoms with Crippen LogP contribution in [0.3, 0.4) is 0 Å². The molecule has 0 spiro atoms. The van der Waals surface area contributed by atoms with Crippen LogP contribution in [0.25, 0.3) is 0 Å². The first-order valence-electron chi connectivity index (χ1n) is 23.7. The van der Waals surface area contributed by atoms with Gasteiger partial charge in [0, 0.05) is 19.3 Å². The van der Waals surface area contributed by atoms with Crippen LogP contribution in [0.2, 0.25) is 0 Å². The van der Waals surface area contributed by atoms with Crippen molar-refractivity contribution in [2.45, 2.75) is 212 Å². The van der Waals surface area contributed by atoms with Crippen molar-refractivity contribution in [3.8, 4) is 0 Å². The number of allylic oxidation sites excluding steroid dienone is 8. The molecule has 0 aromatic carbocycles. The molecule has 0 bridgehead atoms. The molecular weight excluding hydrogens is 727 g/mol. The first-order chi connectivity index (χ1) is 28.1. The quantitative estimate of drug-likeness (QED) is 0.0199. The molecule has 0 radical (unpaired) electrons. The number of ether oxygens (including phenoxy) is 3. The molecule has 0 heterocycles. The van der Waals surface area contributed by atoms with E-state index in [4.69, 9.17) is 14.2 Å². The average molecular weight is 816 g/mol. The van der Waals surface area contributed by atoms with Gasteiger partial charge in [-0.25, -0.2) is 0 Å². The molecule has 0 rings (SSSR count). The van der Waals surface area contributed by atoms with Crippen molar-refractivity contribution in [1.82, 2.24) is 0 Å². The lowest BCUT2D eigenvalue weighted by Gasteiger charge is -2.34. The number of unbranched alkanes of at least 4 members (excludes halogenated alkanes) is 21. The maximum atomic E-state index is 12.8. The molecule has 8 heteroatoms. The highest BCUT2D eigenvalue weighted by atomic mass is 16.6. The van der Waals surface area contributed by atoms with Crippen LogP contribution in [0.15, 0.2) is 48.6 Å². The highest BCUT2D eigenvalue weighted by Crippen LogP contribution is 2.15. The maximum absolute atomic E-state index is 12.8. The predicted octanol–water partition coefficient (Wildman–Crippen LogP) is 11.9. The lowest BCUT2D eigenvalue weighted by atomic mass is 10.1. The first kappa shape index (κ1) is 55.3. The average Bonchev–Trinajstić information content (AvgIpc) is 3.18. The Balaban J connectivity index is 4.29. The number of esters is 2. The smallest absolute Gasteiger partial charge is 0.306 e. The molecule has 58 heavy (non-hydrogen) atoms. The minimum atomic E-state index is -1.13. The highest BCUT2D eigenvalue weighted by Gasteiger charge is 2.25. The van der Waals surface area contributed by atoms with E-state index in [1.807, 2.05) is 0 Å². The van der Waals surface area contributed by atoms with E-state index in [2.05, 4.69) is 62.5 Å². The van der Waals surface area contributed by atoms with E-state index in [-0.39, 0.29) is 42.7 Å². The SMILES string of the molecule is CC/C=C/C/C=C/CCCCCCCCCC(=O)OCC(COCCC(C(=O)[O-])[N+](C)(C)C)OC(=O)CCCCCCCCCCCC/C=C/C=C/CCCCCC. The molecule has 8 nitrogen and oxygen atoms in total. The van der Waals surface area contributed by atoms with Gasteiger partial charge in [-0.3, -0.25) is 9.59 Å². The number of hydrogen-bond acceptors (Lipinski definition) is 7. The van der Waals surface area contributed by atoms with Gasteiger partial charge in [0.1, 0.15) is 12.6 Å². The Morgan fingerprint density at radius 1 is 0.552 bits per heavy atom. The molecule has 0 aliphatic heterocycles. The van der Waals surface area contributed by atoms with Crippen molar-refractivity contribution in [2.75, 3.05) is 41.0 Å².